The van der Waals surface area contributed by atoms with Crippen LogP contribution in [-0.4, -0.2) is 44.4 Å². The molecule has 5 nitrogen and oxygen atoms in total. The quantitative estimate of drug-likeness (QED) is 0.901. The zero-order valence-electron chi connectivity index (χ0n) is 12.7. The Labute approximate surface area is 120 Å². The summed E-state index contributed by atoms with van der Waals surface area (Å²) >= 11 is 0. The van der Waals surface area contributed by atoms with E-state index >= 15 is 0 Å². The van der Waals surface area contributed by atoms with Crippen molar-refractivity contribution in [3.05, 3.63) is 29.3 Å². The Bertz CT molecular complexity index is 618. The summed E-state index contributed by atoms with van der Waals surface area (Å²) in [6.07, 6.45) is 2.12. The molecule has 2 atom stereocenters. The summed E-state index contributed by atoms with van der Waals surface area (Å²) in [7, 11) is 0. The number of nitrogens with zero attached hydrogens (tertiary/aromatic N) is 4. The van der Waals surface area contributed by atoms with Gasteiger partial charge < -0.3 is 5.32 Å². The van der Waals surface area contributed by atoms with Crippen LogP contribution in [0.1, 0.15) is 30.9 Å². The minimum atomic E-state index is 0.547. The molecule has 3 heterocycles. The second-order valence-electron chi connectivity index (χ2n) is 6.03. The normalized spacial score (nSPS) is 24.4. The molecule has 2 aromatic heterocycles. The highest BCUT2D eigenvalue weighted by Gasteiger charge is 2.23. The Balaban J connectivity index is 1.85. The average Bonchev–Trinajstić information content (AvgIpc) is 2.76. The third-order valence-electron chi connectivity index (χ3n) is 4.07. The number of fused-ring (bicyclic) bond motifs is 1. The van der Waals surface area contributed by atoms with E-state index in [9.17, 15) is 0 Å². The summed E-state index contributed by atoms with van der Waals surface area (Å²) in [5.74, 6) is 0.813. The molecule has 0 radical (unpaired) electrons. The van der Waals surface area contributed by atoms with Gasteiger partial charge in [0, 0.05) is 49.3 Å². The van der Waals surface area contributed by atoms with E-state index in [0.717, 1.165) is 36.8 Å². The Hall–Kier alpha value is -1.46. The second-order valence-corrected chi connectivity index (χ2v) is 6.03. The fourth-order valence-electron chi connectivity index (χ4n) is 2.92. The maximum Gasteiger partial charge on any atom is 0.234 e. The van der Waals surface area contributed by atoms with E-state index in [0.29, 0.717) is 12.1 Å². The molecule has 3 rings (SSSR count). The zero-order chi connectivity index (χ0) is 14.3. The Kier molecular flexibility index (Phi) is 3.48. The molecule has 108 valence electrons. The number of piperazine rings is 1. The van der Waals surface area contributed by atoms with Crippen LogP contribution in [0.25, 0.3) is 5.78 Å². The summed E-state index contributed by atoms with van der Waals surface area (Å²) in [4.78, 5) is 11.7. The Morgan fingerprint density at radius 3 is 2.90 bits per heavy atom. The van der Waals surface area contributed by atoms with Crippen LogP contribution in [0.3, 0.4) is 0 Å². The molecule has 0 bridgehead atoms. The lowest BCUT2D eigenvalue weighted by atomic mass is 10.1. The third-order valence-corrected chi connectivity index (χ3v) is 4.07. The summed E-state index contributed by atoms with van der Waals surface area (Å²) in [5, 5.41) is 3.51. The van der Waals surface area contributed by atoms with Gasteiger partial charge >= 0.3 is 0 Å². The minimum absolute atomic E-state index is 0.547. The number of hydrogen-bond acceptors (Lipinski definition) is 4. The molecule has 1 aliphatic heterocycles. The average molecular weight is 273 g/mol. The molecule has 1 aliphatic rings. The first-order chi connectivity index (χ1) is 9.52. The smallest absolute Gasteiger partial charge is 0.234 e. The minimum Gasteiger partial charge on any atom is -0.311 e. The summed E-state index contributed by atoms with van der Waals surface area (Å²) < 4.78 is 2.08. The highest BCUT2D eigenvalue weighted by Crippen LogP contribution is 2.14. The topological polar surface area (TPSA) is 45.5 Å². The van der Waals surface area contributed by atoms with Gasteiger partial charge in [0.1, 0.15) is 0 Å². The van der Waals surface area contributed by atoms with E-state index in [1.54, 1.807) is 0 Å². The fraction of sp³-hybridized carbons (Fsp3) is 0.600. The summed E-state index contributed by atoms with van der Waals surface area (Å²) in [6, 6.07) is 3.19. The van der Waals surface area contributed by atoms with Crippen LogP contribution in [0, 0.1) is 13.8 Å². The number of rotatable bonds is 2. The lowest BCUT2D eigenvalue weighted by molar-refractivity contribution is 0.137. The molecule has 2 aromatic rings. The molecule has 0 spiro atoms. The highest BCUT2D eigenvalue weighted by atomic mass is 15.2. The maximum absolute atomic E-state index is 4.68. The SMILES string of the molecule is Cc1cc(C)n2cc(CN3CC(C)NCC3C)nc2n1. The van der Waals surface area contributed by atoms with Crippen molar-refractivity contribution in [1.29, 1.82) is 0 Å². The van der Waals surface area contributed by atoms with Gasteiger partial charge in [-0.05, 0) is 33.8 Å². The molecule has 1 saturated heterocycles. The van der Waals surface area contributed by atoms with E-state index in [1.165, 1.54) is 5.69 Å². The van der Waals surface area contributed by atoms with Gasteiger partial charge in [0.25, 0.3) is 0 Å². The largest absolute Gasteiger partial charge is 0.311 e. The van der Waals surface area contributed by atoms with Crippen molar-refractivity contribution >= 4 is 5.78 Å². The van der Waals surface area contributed by atoms with E-state index in [1.807, 2.05) is 6.92 Å². The second kappa shape index (κ2) is 5.14. The van der Waals surface area contributed by atoms with Crippen LogP contribution < -0.4 is 5.32 Å². The molecular formula is C15H23N5. The molecular weight excluding hydrogens is 250 g/mol. The zero-order valence-corrected chi connectivity index (χ0v) is 12.7. The standard InChI is InChI=1S/C15H23N5/c1-10-5-12(3)20-9-14(18-15(20)17-10)8-19-7-11(2)16-6-13(19)4/h5,9,11,13,16H,6-8H2,1-4H3. The van der Waals surface area contributed by atoms with E-state index < -0.39 is 0 Å². The number of hydrogen-bond donors (Lipinski definition) is 1. The van der Waals surface area contributed by atoms with Crippen LogP contribution in [0.15, 0.2) is 12.3 Å². The van der Waals surface area contributed by atoms with Crippen LogP contribution in [-0.2, 0) is 6.54 Å². The number of imidazole rings is 1. The van der Waals surface area contributed by atoms with E-state index in [2.05, 4.69) is 57.6 Å². The molecule has 2 unspecified atom stereocenters. The predicted octanol–water partition coefficient (Wildman–Crippen LogP) is 1.53. The lowest BCUT2D eigenvalue weighted by Gasteiger charge is -2.37. The van der Waals surface area contributed by atoms with Crippen LogP contribution in [0.2, 0.25) is 0 Å². The van der Waals surface area contributed by atoms with Crippen molar-refractivity contribution in [1.82, 2.24) is 24.6 Å². The van der Waals surface area contributed by atoms with Gasteiger partial charge in [0.05, 0.1) is 5.69 Å². The summed E-state index contributed by atoms with van der Waals surface area (Å²) in [6.45, 7) is 11.6. The first kappa shape index (κ1) is 13.5. The van der Waals surface area contributed by atoms with Crippen molar-refractivity contribution < 1.29 is 0 Å². The maximum atomic E-state index is 4.68. The van der Waals surface area contributed by atoms with Gasteiger partial charge in [-0.1, -0.05) is 0 Å². The molecule has 1 N–H and O–H groups in total. The van der Waals surface area contributed by atoms with Crippen molar-refractivity contribution in [2.24, 2.45) is 0 Å². The third kappa shape index (κ3) is 2.55. The van der Waals surface area contributed by atoms with Gasteiger partial charge in [-0.3, -0.25) is 9.30 Å². The van der Waals surface area contributed by atoms with Gasteiger partial charge in [-0.15, -0.1) is 0 Å². The van der Waals surface area contributed by atoms with Crippen LogP contribution in [0.5, 0.6) is 0 Å². The number of aromatic nitrogens is 3. The summed E-state index contributed by atoms with van der Waals surface area (Å²) in [5.41, 5.74) is 3.32. The van der Waals surface area contributed by atoms with E-state index in [4.69, 9.17) is 0 Å². The first-order valence-electron chi connectivity index (χ1n) is 7.32. The molecule has 5 heteroatoms. The van der Waals surface area contributed by atoms with Crippen LogP contribution >= 0.6 is 0 Å². The molecule has 0 amide bonds. The Morgan fingerprint density at radius 1 is 1.30 bits per heavy atom. The Morgan fingerprint density at radius 2 is 2.10 bits per heavy atom. The predicted molar refractivity (Wildman–Crippen MR) is 79.8 cm³/mol. The van der Waals surface area contributed by atoms with Gasteiger partial charge in [0.2, 0.25) is 5.78 Å². The molecule has 20 heavy (non-hydrogen) atoms. The van der Waals surface area contributed by atoms with Crippen molar-refractivity contribution in [3.8, 4) is 0 Å². The number of aryl methyl sites for hydroxylation is 2. The molecule has 1 fully saturated rings. The van der Waals surface area contributed by atoms with Gasteiger partial charge in [-0.2, -0.15) is 0 Å². The fourth-order valence-corrected chi connectivity index (χ4v) is 2.92. The van der Waals surface area contributed by atoms with Crippen molar-refractivity contribution in [2.75, 3.05) is 13.1 Å². The highest BCUT2D eigenvalue weighted by molar-refractivity contribution is 5.34. The lowest BCUT2D eigenvalue weighted by Crippen LogP contribution is -2.53. The van der Waals surface area contributed by atoms with Crippen molar-refractivity contribution in [3.63, 3.8) is 0 Å². The van der Waals surface area contributed by atoms with Crippen LogP contribution in [0.4, 0.5) is 0 Å². The van der Waals surface area contributed by atoms with Gasteiger partial charge in [0.15, 0.2) is 0 Å². The van der Waals surface area contributed by atoms with Crippen molar-refractivity contribution in [2.45, 2.75) is 46.3 Å². The first-order valence-corrected chi connectivity index (χ1v) is 7.32. The number of nitrogens with one attached hydrogen (secondary N) is 1. The molecule has 0 aliphatic carbocycles. The molecule has 0 saturated carbocycles. The molecule has 0 aromatic carbocycles. The monoisotopic (exact) mass is 273 g/mol. The van der Waals surface area contributed by atoms with Gasteiger partial charge in [-0.25, -0.2) is 9.97 Å². The van der Waals surface area contributed by atoms with E-state index in [-0.39, 0.29) is 0 Å².